The number of nitrogens with zero attached hydrogens (tertiary/aromatic N) is 3. The molecule has 5 nitrogen and oxygen atoms in total. The third kappa shape index (κ3) is 4.79. The fourth-order valence-electron chi connectivity index (χ4n) is 6.01. The summed E-state index contributed by atoms with van der Waals surface area (Å²) in [5.41, 5.74) is 5.76. The van der Waals surface area contributed by atoms with Gasteiger partial charge in [-0.25, -0.2) is 9.07 Å². The molecule has 2 aliphatic rings. The Morgan fingerprint density at radius 1 is 1.23 bits per heavy atom. The number of carbonyl (C=O) groups is 1. The molecule has 3 atom stereocenters. The van der Waals surface area contributed by atoms with E-state index < -0.39 is 0 Å². The van der Waals surface area contributed by atoms with E-state index in [0.29, 0.717) is 12.3 Å². The zero-order chi connectivity index (χ0) is 24.4. The molecule has 2 heterocycles. The Morgan fingerprint density at radius 3 is 2.74 bits per heavy atom. The Morgan fingerprint density at radius 2 is 2.00 bits per heavy atom. The fourth-order valence-corrected chi connectivity index (χ4v) is 6.01. The van der Waals surface area contributed by atoms with Gasteiger partial charge in [0, 0.05) is 18.4 Å². The highest BCUT2D eigenvalue weighted by atomic mass is 19.1. The van der Waals surface area contributed by atoms with E-state index in [-0.39, 0.29) is 23.2 Å². The van der Waals surface area contributed by atoms with Crippen LogP contribution in [0.25, 0.3) is 11.8 Å². The van der Waals surface area contributed by atoms with E-state index in [1.54, 1.807) is 24.5 Å². The van der Waals surface area contributed by atoms with Crippen LogP contribution in [0.5, 0.6) is 0 Å². The van der Waals surface area contributed by atoms with Gasteiger partial charge in [0.15, 0.2) is 0 Å². The van der Waals surface area contributed by atoms with Gasteiger partial charge in [0.2, 0.25) is 5.91 Å². The van der Waals surface area contributed by atoms with E-state index in [9.17, 15) is 9.18 Å². The summed E-state index contributed by atoms with van der Waals surface area (Å²) in [6.45, 7) is 4.57. The van der Waals surface area contributed by atoms with Gasteiger partial charge >= 0.3 is 0 Å². The molecule has 0 radical (unpaired) electrons. The van der Waals surface area contributed by atoms with E-state index in [1.165, 1.54) is 23.3 Å². The van der Waals surface area contributed by atoms with Gasteiger partial charge < -0.3 is 5.32 Å². The van der Waals surface area contributed by atoms with Crippen LogP contribution in [-0.2, 0) is 17.6 Å². The number of benzene rings is 1. The molecule has 0 spiro atoms. The molecule has 0 saturated heterocycles. The zero-order valence-corrected chi connectivity index (χ0v) is 20.5. The summed E-state index contributed by atoms with van der Waals surface area (Å²) in [6, 6.07) is 10.5. The van der Waals surface area contributed by atoms with E-state index in [4.69, 9.17) is 0 Å². The van der Waals surface area contributed by atoms with Crippen molar-refractivity contribution in [2.45, 2.75) is 64.8 Å². The summed E-state index contributed by atoms with van der Waals surface area (Å²) in [4.78, 5) is 16.8. The van der Waals surface area contributed by atoms with Crippen molar-refractivity contribution in [1.29, 1.82) is 0 Å². The molecule has 0 bridgehead atoms. The second-order valence-electron chi connectivity index (χ2n) is 10.3. The number of halogens is 1. The van der Waals surface area contributed by atoms with Crippen LogP contribution in [-0.4, -0.2) is 26.7 Å². The minimum Gasteiger partial charge on any atom is -0.353 e. The monoisotopic (exact) mass is 472 g/mol. The van der Waals surface area contributed by atoms with Crippen molar-refractivity contribution in [3.05, 3.63) is 83.2 Å². The molecule has 1 fully saturated rings. The minimum absolute atomic E-state index is 0.0749. The highest BCUT2D eigenvalue weighted by Crippen LogP contribution is 2.54. The van der Waals surface area contributed by atoms with Gasteiger partial charge in [-0.1, -0.05) is 25.8 Å². The van der Waals surface area contributed by atoms with Gasteiger partial charge in [0.05, 0.1) is 24.0 Å². The van der Waals surface area contributed by atoms with Crippen molar-refractivity contribution in [1.82, 2.24) is 20.1 Å². The molecule has 0 aliphatic heterocycles. The van der Waals surface area contributed by atoms with E-state index in [2.05, 4.69) is 35.3 Å². The van der Waals surface area contributed by atoms with Gasteiger partial charge in [-0.3, -0.25) is 9.78 Å². The number of amides is 1. The number of carbonyl (C=O) groups excluding carboxylic acids is 1. The predicted octanol–water partition coefficient (Wildman–Crippen LogP) is 5.68. The maximum Gasteiger partial charge on any atom is 0.224 e. The maximum absolute atomic E-state index is 13.4. The van der Waals surface area contributed by atoms with Gasteiger partial charge in [-0.05, 0) is 97.0 Å². The van der Waals surface area contributed by atoms with E-state index in [0.717, 1.165) is 55.5 Å². The number of allylic oxidation sites excluding steroid dienone is 1. The molecule has 1 saturated carbocycles. The van der Waals surface area contributed by atoms with Crippen molar-refractivity contribution >= 4 is 12.0 Å². The molecule has 182 valence electrons. The van der Waals surface area contributed by atoms with E-state index >= 15 is 0 Å². The normalized spacial score (nSPS) is 21.7. The third-order valence-electron chi connectivity index (χ3n) is 7.91. The maximum atomic E-state index is 13.4. The first kappa shape index (κ1) is 23.5. The summed E-state index contributed by atoms with van der Waals surface area (Å²) >= 11 is 0. The lowest BCUT2D eigenvalue weighted by atomic mass is 9.68. The number of nitrogens with one attached hydrogen (secondary N) is 1. The Hall–Kier alpha value is -3.28. The molecule has 1 N–H and O–H groups in total. The van der Waals surface area contributed by atoms with Crippen molar-refractivity contribution in [3.8, 4) is 5.69 Å². The minimum atomic E-state index is -0.242. The first-order chi connectivity index (χ1) is 17.0. The first-order valence-electron chi connectivity index (χ1n) is 12.7. The van der Waals surface area contributed by atoms with Gasteiger partial charge in [-0.2, -0.15) is 5.10 Å². The highest BCUT2D eigenvalue weighted by molar-refractivity contribution is 5.78. The lowest BCUT2D eigenvalue weighted by molar-refractivity contribution is -0.121. The largest absolute Gasteiger partial charge is 0.353 e. The highest BCUT2D eigenvalue weighted by Gasteiger charge is 2.46. The Bertz CT molecular complexity index is 1220. The average molecular weight is 473 g/mol. The molecule has 6 heteroatoms. The van der Waals surface area contributed by atoms with Crippen LogP contribution in [0.3, 0.4) is 0 Å². The summed E-state index contributed by atoms with van der Waals surface area (Å²) < 4.78 is 15.3. The average Bonchev–Trinajstić information content (AvgIpc) is 3.38. The molecule has 35 heavy (non-hydrogen) atoms. The number of hydrogen-bond donors (Lipinski definition) is 1. The molecule has 2 aliphatic carbocycles. The van der Waals surface area contributed by atoms with Gasteiger partial charge in [0.25, 0.3) is 0 Å². The quantitative estimate of drug-likeness (QED) is 0.459. The summed E-state index contributed by atoms with van der Waals surface area (Å²) in [5.74, 6) is 0.350. The smallest absolute Gasteiger partial charge is 0.224 e. The summed E-state index contributed by atoms with van der Waals surface area (Å²) in [6.07, 6.45) is 14.3. The van der Waals surface area contributed by atoms with Crippen molar-refractivity contribution in [2.24, 2.45) is 11.3 Å². The molecule has 3 unspecified atom stereocenters. The van der Waals surface area contributed by atoms with Crippen LogP contribution in [0.15, 0.2) is 60.6 Å². The predicted molar refractivity (Wildman–Crippen MR) is 135 cm³/mol. The standard InChI is InChI=1S/C29H33FN4O/c1-3-4-25(33-28(35)15-20-11-13-31-14-12-20)16-22-5-6-23-17-27-21(18-29(22,23)2)19-32-34(27)26-9-7-24(30)8-10-26/h7-14,17,19,22,25H,3-6,15-16,18H2,1-2H3,(H,33,35). The molecular weight excluding hydrogens is 439 g/mol. The Balaban J connectivity index is 1.31. The summed E-state index contributed by atoms with van der Waals surface area (Å²) in [7, 11) is 0. The second-order valence-corrected chi connectivity index (χ2v) is 10.3. The molecule has 2 aromatic heterocycles. The van der Waals surface area contributed by atoms with Crippen molar-refractivity contribution in [3.63, 3.8) is 0 Å². The number of fused-ring (bicyclic) bond motifs is 2. The fraction of sp³-hybridized carbons (Fsp3) is 0.414. The first-order valence-corrected chi connectivity index (χ1v) is 12.7. The number of pyridine rings is 1. The van der Waals surface area contributed by atoms with Gasteiger partial charge in [0.1, 0.15) is 5.82 Å². The van der Waals surface area contributed by atoms with Gasteiger partial charge in [-0.15, -0.1) is 0 Å². The number of hydrogen-bond acceptors (Lipinski definition) is 3. The second kappa shape index (κ2) is 9.76. The van der Waals surface area contributed by atoms with Crippen LogP contribution in [0.1, 0.15) is 62.8 Å². The van der Waals surface area contributed by atoms with Crippen molar-refractivity contribution < 1.29 is 9.18 Å². The van der Waals surface area contributed by atoms with Crippen molar-refractivity contribution in [2.75, 3.05) is 0 Å². The van der Waals surface area contributed by atoms with Crippen LogP contribution in [0.4, 0.5) is 4.39 Å². The molecule has 3 aromatic rings. The third-order valence-corrected chi connectivity index (χ3v) is 7.91. The van der Waals surface area contributed by atoms with Crippen LogP contribution in [0, 0.1) is 17.2 Å². The topological polar surface area (TPSA) is 59.8 Å². The Kier molecular flexibility index (Phi) is 6.54. The molecule has 1 aromatic carbocycles. The lowest BCUT2D eigenvalue weighted by Gasteiger charge is -2.37. The zero-order valence-electron chi connectivity index (χ0n) is 20.5. The molecule has 1 amide bonds. The number of rotatable bonds is 8. The van der Waals surface area contributed by atoms with E-state index in [1.807, 2.05) is 23.0 Å². The van der Waals surface area contributed by atoms with Crippen LogP contribution >= 0.6 is 0 Å². The summed E-state index contributed by atoms with van der Waals surface area (Å²) in [5, 5.41) is 7.97. The molecular formula is C29H33FN4O. The van der Waals surface area contributed by atoms with Crippen LogP contribution in [0.2, 0.25) is 0 Å². The molecule has 5 rings (SSSR count). The SMILES string of the molecule is CCCC(CC1CCC2=Cc3c(cnn3-c3ccc(F)cc3)CC21C)NC(=O)Cc1ccncc1. The van der Waals surface area contributed by atoms with Crippen LogP contribution < -0.4 is 5.32 Å². The number of aromatic nitrogens is 3. The Labute approximate surface area is 206 Å². The lowest BCUT2D eigenvalue weighted by Crippen LogP contribution is -2.40.